The molecule has 0 aromatic heterocycles. The van der Waals surface area contributed by atoms with Crippen LogP contribution in [-0.4, -0.2) is 32.5 Å². The van der Waals surface area contributed by atoms with Crippen molar-refractivity contribution < 1.29 is 13.2 Å². The molecule has 0 aliphatic heterocycles. The molecule has 7 heteroatoms. The molecule has 0 aliphatic rings. The number of rotatable bonds is 7. The molecule has 1 aromatic rings. The van der Waals surface area contributed by atoms with Gasteiger partial charge < -0.3 is 10.6 Å². The highest BCUT2D eigenvalue weighted by Crippen LogP contribution is 2.19. The molecule has 0 radical (unpaired) electrons. The highest BCUT2D eigenvalue weighted by Gasteiger charge is 2.15. The second kappa shape index (κ2) is 8.39. The minimum atomic E-state index is -3.01. The zero-order chi connectivity index (χ0) is 16.8. The van der Waals surface area contributed by atoms with Crippen LogP contribution in [0.4, 0.5) is 4.79 Å². The Morgan fingerprint density at radius 3 is 2.32 bits per heavy atom. The molecule has 0 saturated heterocycles. The normalized spacial score (nSPS) is 14.2. The first kappa shape index (κ1) is 18.8. The summed E-state index contributed by atoms with van der Waals surface area (Å²) in [5.74, 6) is 0.0584. The second-order valence-electron chi connectivity index (χ2n) is 5.45. The van der Waals surface area contributed by atoms with E-state index in [1.807, 2.05) is 19.1 Å². The monoisotopic (exact) mass is 346 g/mol. The smallest absolute Gasteiger partial charge is 0.315 e. The third kappa shape index (κ3) is 7.13. The van der Waals surface area contributed by atoms with Crippen LogP contribution in [0.25, 0.3) is 0 Å². The molecule has 0 unspecified atom stereocenters. The Morgan fingerprint density at radius 2 is 1.82 bits per heavy atom. The van der Waals surface area contributed by atoms with Crippen LogP contribution in [0.2, 0.25) is 5.02 Å². The fourth-order valence-corrected chi connectivity index (χ4v) is 2.91. The summed E-state index contributed by atoms with van der Waals surface area (Å²) in [4.78, 5) is 12.0. The number of hydrogen-bond acceptors (Lipinski definition) is 3. The Balaban J connectivity index is 2.53. The highest BCUT2D eigenvalue weighted by molar-refractivity contribution is 7.90. The van der Waals surface area contributed by atoms with Crippen molar-refractivity contribution in [2.45, 2.75) is 38.8 Å². The molecule has 1 rings (SSSR count). The number of carbonyl (C=O) groups is 1. The number of urea groups is 1. The van der Waals surface area contributed by atoms with Crippen molar-refractivity contribution in [3.8, 4) is 0 Å². The van der Waals surface area contributed by atoms with Gasteiger partial charge in [-0.2, -0.15) is 0 Å². The van der Waals surface area contributed by atoms with Gasteiger partial charge in [0, 0.05) is 17.3 Å². The lowest BCUT2D eigenvalue weighted by atomic mass is 10.1. The van der Waals surface area contributed by atoms with Crippen LogP contribution in [0, 0.1) is 0 Å². The Morgan fingerprint density at radius 1 is 1.23 bits per heavy atom. The van der Waals surface area contributed by atoms with Gasteiger partial charge in [0.2, 0.25) is 0 Å². The molecule has 2 N–H and O–H groups in total. The van der Waals surface area contributed by atoms with E-state index < -0.39 is 9.84 Å². The number of nitrogens with one attached hydrogen (secondary N) is 2. The zero-order valence-corrected chi connectivity index (χ0v) is 14.7. The van der Waals surface area contributed by atoms with Gasteiger partial charge in [-0.1, -0.05) is 30.7 Å². The van der Waals surface area contributed by atoms with Crippen LogP contribution < -0.4 is 10.6 Å². The quantitative estimate of drug-likeness (QED) is 0.797. The Hall–Kier alpha value is -1.27. The van der Waals surface area contributed by atoms with Gasteiger partial charge in [-0.05, 0) is 37.5 Å². The summed E-state index contributed by atoms with van der Waals surface area (Å²) in [5.41, 5.74) is 0.978. The van der Waals surface area contributed by atoms with Gasteiger partial charge in [0.05, 0.1) is 11.8 Å². The summed E-state index contributed by atoms with van der Waals surface area (Å²) in [7, 11) is -3.01. The van der Waals surface area contributed by atoms with E-state index in [4.69, 9.17) is 11.6 Å². The molecule has 5 nitrogen and oxygen atoms in total. The number of benzene rings is 1. The van der Waals surface area contributed by atoms with Gasteiger partial charge in [-0.25, -0.2) is 13.2 Å². The van der Waals surface area contributed by atoms with E-state index in [2.05, 4.69) is 10.6 Å². The Bertz CT molecular complexity index is 587. The SMILES string of the molecule is CC[C@H](NC(=O)N[C@H](C)CCS(C)(=O)=O)c1ccc(Cl)cc1. The van der Waals surface area contributed by atoms with E-state index in [1.165, 1.54) is 6.26 Å². The van der Waals surface area contributed by atoms with E-state index in [9.17, 15) is 13.2 Å². The van der Waals surface area contributed by atoms with Gasteiger partial charge in [0.15, 0.2) is 0 Å². The lowest BCUT2D eigenvalue weighted by molar-refractivity contribution is 0.233. The predicted octanol–water partition coefficient (Wildman–Crippen LogP) is 2.91. The van der Waals surface area contributed by atoms with Gasteiger partial charge in [-0.3, -0.25) is 0 Å². The average Bonchev–Trinajstić information content (AvgIpc) is 2.43. The number of amides is 2. The molecule has 0 spiro atoms. The van der Waals surface area contributed by atoms with Crippen molar-refractivity contribution in [3.05, 3.63) is 34.9 Å². The molecule has 22 heavy (non-hydrogen) atoms. The maximum Gasteiger partial charge on any atom is 0.315 e. The second-order valence-corrected chi connectivity index (χ2v) is 8.15. The maximum atomic E-state index is 12.0. The Labute approximate surface area is 137 Å². The summed E-state index contributed by atoms with van der Waals surface area (Å²) in [6, 6.07) is 6.70. The number of sulfone groups is 1. The van der Waals surface area contributed by atoms with Crippen molar-refractivity contribution in [2.24, 2.45) is 0 Å². The van der Waals surface area contributed by atoms with Crippen molar-refractivity contribution in [2.75, 3.05) is 12.0 Å². The van der Waals surface area contributed by atoms with Crippen LogP contribution in [0.3, 0.4) is 0 Å². The fraction of sp³-hybridized carbons (Fsp3) is 0.533. The molecule has 0 fully saturated rings. The standard InChI is InChI=1S/C15H23ClN2O3S/c1-4-14(12-5-7-13(16)8-6-12)18-15(19)17-11(2)9-10-22(3,20)21/h5-8,11,14H,4,9-10H2,1-3H3,(H2,17,18,19)/t11-,14+/m1/s1. The summed E-state index contributed by atoms with van der Waals surface area (Å²) >= 11 is 5.86. The number of hydrogen-bond donors (Lipinski definition) is 2. The first-order chi connectivity index (χ1) is 10.2. The summed E-state index contributed by atoms with van der Waals surface area (Å²) in [6.07, 6.45) is 2.32. The van der Waals surface area contributed by atoms with Crippen LogP contribution in [0.1, 0.15) is 38.3 Å². The molecule has 1 aromatic carbocycles. The van der Waals surface area contributed by atoms with E-state index in [-0.39, 0.29) is 23.9 Å². The van der Waals surface area contributed by atoms with Crippen molar-refractivity contribution in [1.29, 1.82) is 0 Å². The fourth-order valence-electron chi connectivity index (χ4n) is 2.00. The van der Waals surface area contributed by atoms with Crippen molar-refractivity contribution >= 4 is 27.5 Å². The molecular formula is C15H23ClN2O3S. The molecule has 0 heterocycles. The molecule has 2 amide bonds. The average molecular weight is 347 g/mol. The largest absolute Gasteiger partial charge is 0.336 e. The minimum absolute atomic E-state index is 0.0584. The summed E-state index contributed by atoms with van der Waals surface area (Å²) in [6.45, 7) is 3.76. The van der Waals surface area contributed by atoms with Crippen LogP contribution >= 0.6 is 11.6 Å². The van der Waals surface area contributed by atoms with Crippen molar-refractivity contribution in [1.82, 2.24) is 10.6 Å². The first-order valence-electron chi connectivity index (χ1n) is 7.21. The minimum Gasteiger partial charge on any atom is -0.336 e. The highest BCUT2D eigenvalue weighted by atomic mass is 35.5. The van der Waals surface area contributed by atoms with Crippen LogP contribution in [0.5, 0.6) is 0 Å². The van der Waals surface area contributed by atoms with Crippen LogP contribution in [-0.2, 0) is 9.84 Å². The van der Waals surface area contributed by atoms with Crippen LogP contribution in [0.15, 0.2) is 24.3 Å². The lowest BCUT2D eigenvalue weighted by Crippen LogP contribution is -2.42. The summed E-state index contributed by atoms with van der Waals surface area (Å²) < 4.78 is 22.2. The van der Waals surface area contributed by atoms with Gasteiger partial charge in [-0.15, -0.1) is 0 Å². The third-order valence-electron chi connectivity index (χ3n) is 3.29. The summed E-state index contributed by atoms with van der Waals surface area (Å²) in [5, 5.41) is 6.30. The molecule has 0 saturated carbocycles. The molecule has 124 valence electrons. The third-order valence-corrected chi connectivity index (χ3v) is 4.51. The molecule has 2 atom stereocenters. The van der Waals surface area contributed by atoms with Gasteiger partial charge in [0.1, 0.15) is 9.84 Å². The number of halogens is 1. The maximum absolute atomic E-state index is 12.0. The van der Waals surface area contributed by atoms with E-state index in [1.54, 1.807) is 19.1 Å². The first-order valence-corrected chi connectivity index (χ1v) is 9.65. The van der Waals surface area contributed by atoms with E-state index in [0.29, 0.717) is 11.4 Å². The van der Waals surface area contributed by atoms with E-state index >= 15 is 0 Å². The lowest BCUT2D eigenvalue weighted by Gasteiger charge is -2.20. The van der Waals surface area contributed by atoms with Gasteiger partial charge in [0.25, 0.3) is 0 Å². The molecule has 0 aliphatic carbocycles. The molecule has 0 bridgehead atoms. The van der Waals surface area contributed by atoms with Gasteiger partial charge >= 0.3 is 6.03 Å². The van der Waals surface area contributed by atoms with E-state index in [0.717, 1.165) is 12.0 Å². The van der Waals surface area contributed by atoms with Crippen molar-refractivity contribution in [3.63, 3.8) is 0 Å². The Kier molecular flexibility index (Phi) is 7.16. The predicted molar refractivity (Wildman–Crippen MR) is 89.9 cm³/mol. The molecular weight excluding hydrogens is 324 g/mol. The zero-order valence-electron chi connectivity index (χ0n) is 13.1. The topological polar surface area (TPSA) is 75.3 Å². The number of carbonyl (C=O) groups excluding carboxylic acids is 1.